The van der Waals surface area contributed by atoms with Crippen molar-refractivity contribution in [3.8, 4) is 5.75 Å². The fourth-order valence-electron chi connectivity index (χ4n) is 6.49. The minimum atomic E-state index is -4.52. The minimum Gasteiger partial charge on any atom is -0.493 e. The minimum absolute atomic E-state index is 0.0175. The molecular weight excluding hydrogens is 635 g/mol. The van der Waals surface area contributed by atoms with Gasteiger partial charge in [-0.2, -0.15) is 13.2 Å². The summed E-state index contributed by atoms with van der Waals surface area (Å²) in [6.07, 6.45) is -1.72. The van der Waals surface area contributed by atoms with Crippen LogP contribution in [0.5, 0.6) is 5.75 Å². The van der Waals surface area contributed by atoms with Crippen LogP contribution in [0.25, 0.3) is 10.9 Å². The van der Waals surface area contributed by atoms with Crippen LogP contribution in [0.2, 0.25) is 5.02 Å². The largest absolute Gasteiger partial charge is 0.493 e. The van der Waals surface area contributed by atoms with Gasteiger partial charge in [-0.1, -0.05) is 90.5 Å². The topological polar surface area (TPSA) is 29.9 Å². The van der Waals surface area contributed by atoms with Crippen LogP contribution in [0, 0.1) is 0 Å². The number of halogens is 4. The van der Waals surface area contributed by atoms with Crippen molar-refractivity contribution in [3.63, 3.8) is 0 Å². The van der Waals surface area contributed by atoms with Crippen LogP contribution in [-0.2, 0) is 24.0 Å². The molecule has 48 heavy (non-hydrogen) atoms. The van der Waals surface area contributed by atoms with Crippen molar-refractivity contribution in [1.82, 2.24) is 14.4 Å². The molecular formula is C39H41ClF3N3O2. The molecule has 1 fully saturated rings. The Bertz CT molecular complexity index is 1700. The molecule has 0 amide bonds. The van der Waals surface area contributed by atoms with E-state index in [2.05, 4.69) is 57.0 Å². The predicted octanol–water partition coefficient (Wildman–Crippen LogP) is 8.75. The maximum atomic E-state index is 13.7. The van der Waals surface area contributed by atoms with Gasteiger partial charge in [-0.25, -0.2) is 0 Å². The van der Waals surface area contributed by atoms with E-state index in [9.17, 15) is 13.2 Å². The average Bonchev–Trinajstić information content (AvgIpc) is 3.53. The van der Waals surface area contributed by atoms with E-state index in [0.29, 0.717) is 31.7 Å². The SMILES string of the molecule is FC(F)(F)c1cccc(CN(CCCOc2cccc3c2ccn3CCN2CCOCC2)CC(c2ccccc2)c2ccccc2)c1Cl. The normalized spacial score (nSPS) is 14.3. The highest BCUT2D eigenvalue weighted by atomic mass is 35.5. The van der Waals surface area contributed by atoms with Crippen molar-refractivity contribution in [2.45, 2.75) is 31.6 Å². The van der Waals surface area contributed by atoms with Crippen LogP contribution in [0.15, 0.2) is 109 Å². The number of morpholine rings is 1. The lowest BCUT2D eigenvalue weighted by molar-refractivity contribution is -0.137. The zero-order chi connectivity index (χ0) is 33.3. The molecule has 1 saturated heterocycles. The average molecular weight is 676 g/mol. The molecule has 9 heteroatoms. The third kappa shape index (κ3) is 8.60. The second-order valence-electron chi connectivity index (χ2n) is 12.2. The maximum Gasteiger partial charge on any atom is 0.417 e. The van der Waals surface area contributed by atoms with Gasteiger partial charge in [0.05, 0.1) is 35.9 Å². The highest BCUT2D eigenvalue weighted by molar-refractivity contribution is 6.32. The Balaban J connectivity index is 1.17. The Labute approximate surface area is 285 Å². The quantitative estimate of drug-likeness (QED) is 0.110. The summed E-state index contributed by atoms with van der Waals surface area (Å²) in [5.74, 6) is 0.848. The smallest absolute Gasteiger partial charge is 0.417 e. The summed E-state index contributed by atoms with van der Waals surface area (Å²) in [6, 6.07) is 32.9. The van der Waals surface area contributed by atoms with E-state index in [1.807, 2.05) is 48.5 Å². The summed E-state index contributed by atoms with van der Waals surface area (Å²) in [4.78, 5) is 4.62. The van der Waals surface area contributed by atoms with E-state index in [1.54, 1.807) is 6.07 Å². The highest BCUT2D eigenvalue weighted by Crippen LogP contribution is 2.37. The molecule has 0 bridgehead atoms. The molecule has 0 aliphatic carbocycles. The standard InChI is InChI=1S/C39H41ClF3N3O2/c40-38-32(14-7-15-35(38)39(41,42)43)28-45(29-34(30-10-3-1-4-11-30)31-12-5-2-6-13-31)19-9-25-48-37-17-8-16-36-33(37)18-20-46(36)22-21-44-23-26-47-27-24-44/h1-8,10-18,20,34H,9,19,21-29H2. The number of rotatable bonds is 14. The van der Waals surface area contributed by atoms with Gasteiger partial charge < -0.3 is 14.0 Å². The molecule has 252 valence electrons. The number of hydrogen-bond donors (Lipinski definition) is 0. The Kier molecular flexibility index (Phi) is 11.4. The van der Waals surface area contributed by atoms with E-state index in [4.69, 9.17) is 21.1 Å². The van der Waals surface area contributed by atoms with Crippen LogP contribution in [-0.4, -0.2) is 66.9 Å². The lowest BCUT2D eigenvalue weighted by atomic mass is 9.90. The number of hydrogen-bond acceptors (Lipinski definition) is 4. The Morgan fingerprint density at radius 1 is 0.812 bits per heavy atom. The number of aromatic nitrogens is 1. The van der Waals surface area contributed by atoms with E-state index in [0.717, 1.165) is 73.2 Å². The van der Waals surface area contributed by atoms with Gasteiger partial charge in [0.25, 0.3) is 0 Å². The van der Waals surface area contributed by atoms with E-state index < -0.39 is 11.7 Å². The van der Waals surface area contributed by atoms with Crippen molar-refractivity contribution in [2.75, 3.05) is 52.5 Å². The number of alkyl halides is 3. The highest BCUT2D eigenvalue weighted by Gasteiger charge is 2.34. The molecule has 1 aromatic heterocycles. The van der Waals surface area contributed by atoms with Gasteiger partial charge in [-0.3, -0.25) is 9.80 Å². The molecule has 1 aliphatic rings. The molecule has 0 radical (unpaired) electrons. The zero-order valence-electron chi connectivity index (χ0n) is 26.9. The summed E-state index contributed by atoms with van der Waals surface area (Å²) in [7, 11) is 0. The first-order valence-corrected chi connectivity index (χ1v) is 16.9. The Morgan fingerprint density at radius 2 is 1.50 bits per heavy atom. The molecule has 2 heterocycles. The molecule has 1 aliphatic heterocycles. The van der Waals surface area contributed by atoms with Crippen molar-refractivity contribution < 1.29 is 22.6 Å². The zero-order valence-corrected chi connectivity index (χ0v) is 27.7. The van der Waals surface area contributed by atoms with Gasteiger partial charge in [0.1, 0.15) is 5.75 Å². The van der Waals surface area contributed by atoms with Crippen LogP contribution in [0.4, 0.5) is 13.2 Å². The molecule has 0 atom stereocenters. The first-order chi connectivity index (χ1) is 23.4. The third-order valence-electron chi connectivity index (χ3n) is 9.03. The molecule has 5 aromatic rings. The first-order valence-electron chi connectivity index (χ1n) is 16.5. The van der Waals surface area contributed by atoms with Gasteiger partial charge in [0, 0.05) is 63.3 Å². The monoisotopic (exact) mass is 675 g/mol. The molecule has 5 nitrogen and oxygen atoms in total. The second-order valence-corrected chi connectivity index (χ2v) is 12.6. The van der Waals surface area contributed by atoms with Crippen molar-refractivity contribution >= 4 is 22.5 Å². The Hall–Kier alpha value is -3.82. The fourth-order valence-corrected chi connectivity index (χ4v) is 6.78. The first kappa shape index (κ1) is 34.1. The summed E-state index contributed by atoms with van der Waals surface area (Å²) < 4.78 is 55.3. The van der Waals surface area contributed by atoms with Crippen LogP contribution >= 0.6 is 11.6 Å². The van der Waals surface area contributed by atoms with E-state index >= 15 is 0 Å². The van der Waals surface area contributed by atoms with Crippen molar-refractivity contribution in [3.05, 3.63) is 137 Å². The maximum absolute atomic E-state index is 13.7. The van der Waals surface area contributed by atoms with Crippen LogP contribution < -0.4 is 4.74 Å². The Morgan fingerprint density at radius 3 is 2.19 bits per heavy atom. The lowest BCUT2D eigenvalue weighted by Crippen LogP contribution is -2.38. The summed E-state index contributed by atoms with van der Waals surface area (Å²) in [5, 5.41) is 0.826. The van der Waals surface area contributed by atoms with Crippen molar-refractivity contribution in [2.24, 2.45) is 0 Å². The molecule has 0 unspecified atom stereocenters. The molecule has 0 spiro atoms. The van der Waals surface area contributed by atoms with Gasteiger partial charge in [-0.15, -0.1) is 0 Å². The van der Waals surface area contributed by atoms with E-state index in [-0.39, 0.29) is 17.5 Å². The fraction of sp³-hybridized carbons (Fsp3) is 0.333. The van der Waals surface area contributed by atoms with Crippen LogP contribution in [0.3, 0.4) is 0 Å². The molecule has 4 aromatic carbocycles. The number of benzene rings is 4. The number of nitrogens with zero attached hydrogens (tertiary/aromatic N) is 3. The third-order valence-corrected chi connectivity index (χ3v) is 9.48. The summed E-state index contributed by atoms with van der Waals surface area (Å²) in [6.45, 7) is 7.31. The van der Waals surface area contributed by atoms with Crippen molar-refractivity contribution in [1.29, 1.82) is 0 Å². The second kappa shape index (κ2) is 16.1. The molecule has 0 saturated carbocycles. The van der Waals surface area contributed by atoms with Crippen LogP contribution in [0.1, 0.15) is 34.6 Å². The molecule has 6 rings (SSSR count). The van der Waals surface area contributed by atoms with E-state index in [1.165, 1.54) is 6.07 Å². The summed E-state index contributed by atoms with van der Waals surface area (Å²) in [5.41, 5.74) is 3.07. The van der Waals surface area contributed by atoms with Gasteiger partial charge in [0.15, 0.2) is 0 Å². The predicted molar refractivity (Wildman–Crippen MR) is 186 cm³/mol. The number of ether oxygens (including phenoxy) is 2. The summed E-state index contributed by atoms with van der Waals surface area (Å²) >= 11 is 6.39. The van der Waals surface area contributed by atoms with Gasteiger partial charge >= 0.3 is 6.18 Å². The van der Waals surface area contributed by atoms with Gasteiger partial charge in [-0.05, 0) is 47.4 Å². The number of fused-ring (bicyclic) bond motifs is 1. The lowest BCUT2D eigenvalue weighted by Gasteiger charge is -2.29. The van der Waals surface area contributed by atoms with Gasteiger partial charge in [0.2, 0.25) is 0 Å². The molecule has 0 N–H and O–H groups in total.